The third-order valence-electron chi connectivity index (χ3n) is 4.73. The lowest BCUT2D eigenvalue weighted by atomic mass is 10.1. The molecule has 2 N–H and O–H groups in total. The summed E-state index contributed by atoms with van der Waals surface area (Å²) in [6.07, 6.45) is 0. The number of anilines is 2. The van der Waals surface area contributed by atoms with Crippen LogP contribution in [0.2, 0.25) is 0 Å². The summed E-state index contributed by atoms with van der Waals surface area (Å²) in [5.74, 6) is 0.962. The molecule has 0 radical (unpaired) electrons. The van der Waals surface area contributed by atoms with Crippen molar-refractivity contribution in [1.82, 2.24) is 0 Å². The third kappa shape index (κ3) is 6.01. The number of ether oxygens (including phenoxy) is 2. The number of carbonyl (C=O) groups excluding carboxylic acids is 1. The molecule has 0 atom stereocenters. The van der Waals surface area contributed by atoms with Gasteiger partial charge in [0.05, 0.1) is 6.61 Å². The van der Waals surface area contributed by atoms with Crippen molar-refractivity contribution < 1.29 is 14.3 Å². The second kappa shape index (κ2) is 10.3. The summed E-state index contributed by atoms with van der Waals surface area (Å²) < 4.78 is 11.4. The first-order valence-electron chi connectivity index (χ1n) is 10.1. The molecule has 0 fully saturated rings. The Kier molecular flexibility index (Phi) is 7.33. The predicted octanol–water partition coefficient (Wildman–Crippen LogP) is 5.33. The molecule has 0 aliphatic heterocycles. The maximum Gasteiger partial charge on any atom is 0.262 e. The molecular formula is C25H28N2O3. The number of hydrogen-bond donors (Lipinski definition) is 2. The molecule has 0 bridgehead atoms. The molecule has 0 saturated carbocycles. The number of nitrogens with one attached hydrogen (secondary N) is 2. The maximum atomic E-state index is 12.1. The van der Waals surface area contributed by atoms with Crippen molar-refractivity contribution in [3.63, 3.8) is 0 Å². The van der Waals surface area contributed by atoms with Gasteiger partial charge in [-0.1, -0.05) is 30.3 Å². The smallest absolute Gasteiger partial charge is 0.262 e. The molecule has 0 spiro atoms. The minimum atomic E-state index is -0.218. The van der Waals surface area contributed by atoms with Gasteiger partial charge in [-0.05, 0) is 73.9 Å². The fourth-order valence-corrected chi connectivity index (χ4v) is 2.97. The zero-order valence-corrected chi connectivity index (χ0v) is 17.7. The lowest BCUT2D eigenvalue weighted by Gasteiger charge is -2.14. The highest BCUT2D eigenvalue weighted by molar-refractivity contribution is 5.91. The molecule has 156 valence electrons. The van der Waals surface area contributed by atoms with Gasteiger partial charge in [0.1, 0.15) is 0 Å². The Balaban J connectivity index is 1.61. The lowest BCUT2D eigenvalue weighted by Crippen LogP contribution is -2.20. The number of hydrogen-bond acceptors (Lipinski definition) is 4. The Hall–Kier alpha value is -3.47. The van der Waals surface area contributed by atoms with E-state index in [4.69, 9.17) is 9.47 Å². The topological polar surface area (TPSA) is 59.6 Å². The van der Waals surface area contributed by atoms with E-state index in [0.717, 1.165) is 16.9 Å². The molecule has 0 aliphatic carbocycles. The summed E-state index contributed by atoms with van der Waals surface area (Å²) in [6, 6.07) is 21.4. The van der Waals surface area contributed by atoms with Crippen LogP contribution in [0.5, 0.6) is 11.5 Å². The molecule has 0 heterocycles. The molecular weight excluding hydrogens is 376 g/mol. The van der Waals surface area contributed by atoms with Gasteiger partial charge in [-0.15, -0.1) is 0 Å². The molecule has 30 heavy (non-hydrogen) atoms. The van der Waals surface area contributed by atoms with Crippen LogP contribution in [0.15, 0.2) is 66.7 Å². The van der Waals surface area contributed by atoms with Crippen molar-refractivity contribution in [2.24, 2.45) is 0 Å². The van der Waals surface area contributed by atoms with Crippen molar-refractivity contribution in [1.29, 1.82) is 0 Å². The normalized spacial score (nSPS) is 10.4. The van der Waals surface area contributed by atoms with Crippen molar-refractivity contribution in [2.45, 2.75) is 27.3 Å². The number of benzene rings is 3. The van der Waals surface area contributed by atoms with E-state index in [1.165, 1.54) is 11.1 Å². The van der Waals surface area contributed by atoms with Crippen molar-refractivity contribution in [2.75, 3.05) is 23.8 Å². The zero-order valence-electron chi connectivity index (χ0n) is 17.7. The van der Waals surface area contributed by atoms with E-state index >= 15 is 0 Å². The minimum absolute atomic E-state index is 0.0881. The van der Waals surface area contributed by atoms with Crippen LogP contribution in [0, 0.1) is 13.8 Å². The maximum absolute atomic E-state index is 12.1. The van der Waals surface area contributed by atoms with Crippen LogP contribution in [0.1, 0.15) is 23.6 Å². The van der Waals surface area contributed by atoms with Crippen LogP contribution in [0.25, 0.3) is 0 Å². The third-order valence-corrected chi connectivity index (χ3v) is 4.73. The molecule has 3 rings (SSSR count). The summed E-state index contributed by atoms with van der Waals surface area (Å²) in [7, 11) is 0. The van der Waals surface area contributed by atoms with Gasteiger partial charge in [-0.3, -0.25) is 4.79 Å². The van der Waals surface area contributed by atoms with Gasteiger partial charge in [-0.2, -0.15) is 0 Å². The van der Waals surface area contributed by atoms with Crippen LogP contribution in [0.3, 0.4) is 0 Å². The Labute approximate surface area is 178 Å². The number of amides is 1. The van der Waals surface area contributed by atoms with Crippen LogP contribution in [-0.4, -0.2) is 19.1 Å². The summed E-state index contributed by atoms with van der Waals surface area (Å²) >= 11 is 0. The zero-order chi connectivity index (χ0) is 21.3. The van der Waals surface area contributed by atoms with Crippen molar-refractivity contribution in [3.05, 3.63) is 83.4 Å². The van der Waals surface area contributed by atoms with Crippen LogP contribution >= 0.6 is 0 Å². The molecule has 3 aromatic carbocycles. The highest BCUT2D eigenvalue weighted by Gasteiger charge is 2.10. The van der Waals surface area contributed by atoms with Crippen LogP contribution in [-0.2, 0) is 11.3 Å². The van der Waals surface area contributed by atoms with Crippen LogP contribution < -0.4 is 20.1 Å². The average Bonchev–Trinajstić information content (AvgIpc) is 2.75. The van der Waals surface area contributed by atoms with E-state index in [-0.39, 0.29) is 12.5 Å². The Morgan fingerprint density at radius 1 is 0.833 bits per heavy atom. The van der Waals surface area contributed by atoms with Crippen molar-refractivity contribution >= 4 is 17.3 Å². The highest BCUT2D eigenvalue weighted by Crippen LogP contribution is 2.29. The fraction of sp³-hybridized carbons (Fsp3) is 0.240. The molecule has 0 aliphatic rings. The fourth-order valence-electron chi connectivity index (χ4n) is 2.97. The van der Waals surface area contributed by atoms with Gasteiger partial charge in [0.25, 0.3) is 5.91 Å². The molecule has 0 aromatic heterocycles. The standard InChI is InChI=1S/C25H28N2O3/c1-4-29-24-15-20(16-26-22-12-10-18(2)19(3)14-22)11-13-23(24)30-17-25(28)27-21-8-6-5-7-9-21/h5-15,26H,4,16-17H2,1-3H3,(H,27,28). The Bertz CT molecular complexity index is 987. The number of rotatable bonds is 9. The Morgan fingerprint density at radius 2 is 1.63 bits per heavy atom. The van der Waals surface area contributed by atoms with E-state index in [9.17, 15) is 4.79 Å². The van der Waals surface area contributed by atoms with Gasteiger partial charge >= 0.3 is 0 Å². The summed E-state index contributed by atoms with van der Waals surface area (Å²) in [5, 5.41) is 6.24. The predicted molar refractivity (Wildman–Crippen MR) is 121 cm³/mol. The minimum Gasteiger partial charge on any atom is -0.490 e. The molecule has 3 aromatic rings. The van der Waals surface area contributed by atoms with E-state index < -0.39 is 0 Å². The number of aryl methyl sites for hydroxylation is 2. The summed E-state index contributed by atoms with van der Waals surface area (Å²) in [6.45, 7) is 7.22. The first-order chi connectivity index (χ1) is 14.5. The summed E-state index contributed by atoms with van der Waals surface area (Å²) in [4.78, 5) is 12.1. The Morgan fingerprint density at radius 3 is 2.37 bits per heavy atom. The highest BCUT2D eigenvalue weighted by atomic mass is 16.5. The number of carbonyl (C=O) groups is 1. The molecule has 1 amide bonds. The van der Waals surface area contributed by atoms with Crippen LogP contribution in [0.4, 0.5) is 11.4 Å². The van der Waals surface area contributed by atoms with E-state index in [2.05, 4.69) is 42.7 Å². The van der Waals surface area contributed by atoms with Gasteiger partial charge < -0.3 is 20.1 Å². The van der Waals surface area contributed by atoms with E-state index in [1.54, 1.807) is 0 Å². The quantitative estimate of drug-likeness (QED) is 0.506. The molecule has 0 saturated heterocycles. The van der Waals surface area contributed by atoms with Gasteiger partial charge in [0.2, 0.25) is 0 Å². The van der Waals surface area contributed by atoms with E-state index in [1.807, 2.05) is 55.5 Å². The monoisotopic (exact) mass is 404 g/mol. The lowest BCUT2D eigenvalue weighted by molar-refractivity contribution is -0.118. The average molecular weight is 405 g/mol. The van der Waals surface area contributed by atoms with Gasteiger partial charge in [0, 0.05) is 17.9 Å². The molecule has 0 unspecified atom stereocenters. The first kappa shape index (κ1) is 21.2. The SMILES string of the molecule is CCOc1cc(CNc2ccc(C)c(C)c2)ccc1OCC(=O)Nc1ccccc1. The largest absolute Gasteiger partial charge is 0.490 e. The van der Waals surface area contributed by atoms with Gasteiger partial charge in [0.15, 0.2) is 18.1 Å². The number of para-hydroxylation sites is 1. The summed E-state index contributed by atoms with van der Waals surface area (Å²) in [5.41, 5.74) is 5.42. The second-order valence-corrected chi connectivity index (χ2v) is 7.07. The second-order valence-electron chi connectivity index (χ2n) is 7.07. The van der Waals surface area contributed by atoms with Crippen molar-refractivity contribution in [3.8, 4) is 11.5 Å². The van der Waals surface area contributed by atoms with Gasteiger partial charge in [-0.25, -0.2) is 0 Å². The molecule has 5 heteroatoms. The van der Waals surface area contributed by atoms with E-state index in [0.29, 0.717) is 24.7 Å². The first-order valence-corrected chi connectivity index (χ1v) is 10.1. The molecule has 5 nitrogen and oxygen atoms in total.